The number of aryl methyl sites for hydroxylation is 2. The van der Waals surface area contributed by atoms with E-state index >= 15 is 0 Å². The maximum atomic E-state index is 10.6. The van der Waals surface area contributed by atoms with Crippen LogP contribution in [0.25, 0.3) is 6.08 Å². The second kappa shape index (κ2) is 7.70. The van der Waals surface area contributed by atoms with Gasteiger partial charge >= 0.3 is 5.97 Å². The molecular weight excluding hydrogens is 224 g/mol. The molecule has 1 aromatic rings. The van der Waals surface area contributed by atoms with Crippen LogP contribution in [0.4, 0.5) is 0 Å². The van der Waals surface area contributed by atoms with Crippen molar-refractivity contribution >= 4 is 12.0 Å². The molecule has 0 aliphatic carbocycles. The summed E-state index contributed by atoms with van der Waals surface area (Å²) >= 11 is 0. The van der Waals surface area contributed by atoms with Crippen LogP contribution in [0.3, 0.4) is 0 Å². The van der Waals surface area contributed by atoms with Gasteiger partial charge in [-0.05, 0) is 42.5 Å². The Hall–Kier alpha value is -1.57. The van der Waals surface area contributed by atoms with E-state index in [0.29, 0.717) is 0 Å². The lowest BCUT2D eigenvalue weighted by Gasteiger charge is -2.09. The Labute approximate surface area is 109 Å². The van der Waals surface area contributed by atoms with Crippen molar-refractivity contribution in [2.24, 2.45) is 0 Å². The van der Waals surface area contributed by atoms with E-state index in [-0.39, 0.29) is 0 Å². The molecule has 0 radical (unpaired) electrons. The van der Waals surface area contributed by atoms with Crippen LogP contribution in [0, 0.1) is 6.92 Å². The van der Waals surface area contributed by atoms with Gasteiger partial charge in [0.05, 0.1) is 0 Å². The Morgan fingerprint density at radius 3 is 2.72 bits per heavy atom. The molecule has 0 aliphatic rings. The Bertz CT molecular complexity index is 419. The van der Waals surface area contributed by atoms with E-state index < -0.39 is 5.97 Å². The van der Waals surface area contributed by atoms with Crippen molar-refractivity contribution < 1.29 is 9.90 Å². The number of carboxylic acid groups (broad SMARTS) is 1. The first kappa shape index (κ1) is 14.5. The Morgan fingerprint density at radius 1 is 1.28 bits per heavy atom. The first-order valence-corrected chi connectivity index (χ1v) is 6.64. The highest BCUT2D eigenvalue weighted by Gasteiger charge is 2.03. The molecule has 0 unspecified atom stereocenters. The molecule has 0 saturated heterocycles. The number of carboxylic acids is 1. The molecule has 2 heteroatoms. The molecule has 1 aromatic carbocycles. The molecule has 0 saturated carbocycles. The van der Waals surface area contributed by atoms with Gasteiger partial charge in [0, 0.05) is 6.08 Å². The van der Waals surface area contributed by atoms with Gasteiger partial charge in [0.1, 0.15) is 0 Å². The molecule has 2 nitrogen and oxygen atoms in total. The lowest BCUT2D eigenvalue weighted by atomic mass is 9.97. The minimum absolute atomic E-state index is 0.893. The molecule has 0 aliphatic heterocycles. The lowest BCUT2D eigenvalue weighted by molar-refractivity contribution is -0.131. The summed E-state index contributed by atoms with van der Waals surface area (Å²) in [5.74, 6) is -0.893. The Morgan fingerprint density at radius 2 is 2.06 bits per heavy atom. The van der Waals surface area contributed by atoms with Crippen LogP contribution in [-0.4, -0.2) is 11.1 Å². The summed E-state index contributed by atoms with van der Waals surface area (Å²) in [5.41, 5.74) is 3.46. The number of unbranched alkanes of at least 4 members (excludes halogenated alkanes) is 3. The molecule has 1 N–H and O–H groups in total. The highest BCUT2D eigenvalue weighted by atomic mass is 16.4. The van der Waals surface area contributed by atoms with Gasteiger partial charge in [-0.25, -0.2) is 4.79 Å². The normalized spacial score (nSPS) is 11.0. The zero-order valence-electron chi connectivity index (χ0n) is 11.3. The first-order chi connectivity index (χ1) is 8.65. The smallest absolute Gasteiger partial charge is 0.328 e. The largest absolute Gasteiger partial charge is 0.478 e. The molecule has 98 valence electrons. The summed E-state index contributed by atoms with van der Waals surface area (Å²) < 4.78 is 0. The van der Waals surface area contributed by atoms with Gasteiger partial charge in [0.2, 0.25) is 0 Å². The van der Waals surface area contributed by atoms with Crippen LogP contribution >= 0.6 is 0 Å². The van der Waals surface area contributed by atoms with Crippen molar-refractivity contribution in [1.82, 2.24) is 0 Å². The summed E-state index contributed by atoms with van der Waals surface area (Å²) in [4.78, 5) is 10.6. The van der Waals surface area contributed by atoms with Crippen molar-refractivity contribution in [3.05, 3.63) is 41.0 Å². The molecule has 0 amide bonds. The monoisotopic (exact) mass is 246 g/mol. The van der Waals surface area contributed by atoms with Gasteiger partial charge in [-0.3, -0.25) is 0 Å². The van der Waals surface area contributed by atoms with E-state index in [0.717, 1.165) is 17.5 Å². The van der Waals surface area contributed by atoms with Crippen molar-refractivity contribution in [2.45, 2.75) is 46.0 Å². The SMILES string of the molecule is CCCCCCc1cccc(C)c1/C=C/C(=O)O. The molecule has 0 aromatic heterocycles. The van der Waals surface area contributed by atoms with Gasteiger partial charge in [0.25, 0.3) is 0 Å². The topological polar surface area (TPSA) is 37.3 Å². The van der Waals surface area contributed by atoms with E-state index in [1.54, 1.807) is 6.08 Å². The summed E-state index contributed by atoms with van der Waals surface area (Å²) in [5, 5.41) is 8.72. The molecule has 0 spiro atoms. The number of aliphatic carboxylic acids is 1. The molecule has 0 atom stereocenters. The van der Waals surface area contributed by atoms with Crippen LogP contribution in [0.1, 0.15) is 49.3 Å². The van der Waals surface area contributed by atoms with Crippen LogP contribution < -0.4 is 0 Å². The molecule has 0 bridgehead atoms. The average molecular weight is 246 g/mol. The molecule has 0 fully saturated rings. The van der Waals surface area contributed by atoms with E-state index in [1.165, 1.54) is 37.3 Å². The molecule has 0 heterocycles. The predicted molar refractivity (Wildman–Crippen MR) is 75.7 cm³/mol. The zero-order chi connectivity index (χ0) is 13.4. The van der Waals surface area contributed by atoms with E-state index in [2.05, 4.69) is 13.0 Å². The summed E-state index contributed by atoms with van der Waals surface area (Å²) in [6.07, 6.45) is 8.88. The number of rotatable bonds is 7. The number of carbonyl (C=O) groups is 1. The van der Waals surface area contributed by atoms with E-state index in [1.807, 2.05) is 19.1 Å². The fourth-order valence-corrected chi connectivity index (χ4v) is 2.09. The highest BCUT2D eigenvalue weighted by molar-refractivity contribution is 5.85. The highest BCUT2D eigenvalue weighted by Crippen LogP contribution is 2.18. The van der Waals surface area contributed by atoms with Gasteiger partial charge in [-0.1, -0.05) is 44.4 Å². The van der Waals surface area contributed by atoms with Gasteiger partial charge < -0.3 is 5.11 Å². The quantitative estimate of drug-likeness (QED) is 0.578. The number of hydrogen-bond donors (Lipinski definition) is 1. The summed E-state index contributed by atoms with van der Waals surface area (Å²) in [6, 6.07) is 6.17. The van der Waals surface area contributed by atoms with Crippen molar-refractivity contribution in [1.29, 1.82) is 0 Å². The first-order valence-electron chi connectivity index (χ1n) is 6.64. The summed E-state index contributed by atoms with van der Waals surface area (Å²) in [6.45, 7) is 4.23. The maximum Gasteiger partial charge on any atom is 0.328 e. The van der Waals surface area contributed by atoms with Gasteiger partial charge in [-0.15, -0.1) is 0 Å². The van der Waals surface area contributed by atoms with Crippen LogP contribution in [0.5, 0.6) is 0 Å². The number of hydrogen-bond acceptors (Lipinski definition) is 1. The van der Waals surface area contributed by atoms with Crippen LogP contribution in [0.2, 0.25) is 0 Å². The molecule has 1 rings (SSSR count). The average Bonchev–Trinajstić information content (AvgIpc) is 2.33. The van der Waals surface area contributed by atoms with Gasteiger partial charge in [0.15, 0.2) is 0 Å². The second-order valence-electron chi connectivity index (χ2n) is 4.63. The van der Waals surface area contributed by atoms with Gasteiger partial charge in [-0.2, -0.15) is 0 Å². The number of benzene rings is 1. The minimum atomic E-state index is -0.893. The third kappa shape index (κ3) is 4.74. The Kier molecular flexibility index (Phi) is 6.20. The maximum absolute atomic E-state index is 10.6. The fourth-order valence-electron chi connectivity index (χ4n) is 2.09. The molecule has 18 heavy (non-hydrogen) atoms. The van der Waals surface area contributed by atoms with Crippen molar-refractivity contribution in [2.75, 3.05) is 0 Å². The van der Waals surface area contributed by atoms with E-state index in [4.69, 9.17) is 5.11 Å². The zero-order valence-corrected chi connectivity index (χ0v) is 11.3. The third-order valence-electron chi connectivity index (χ3n) is 3.11. The lowest BCUT2D eigenvalue weighted by Crippen LogP contribution is -1.94. The third-order valence-corrected chi connectivity index (χ3v) is 3.11. The predicted octanol–water partition coefficient (Wildman–Crippen LogP) is 4.22. The van der Waals surface area contributed by atoms with Crippen molar-refractivity contribution in [3.63, 3.8) is 0 Å². The fraction of sp³-hybridized carbons (Fsp3) is 0.438. The summed E-state index contributed by atoms with van der Waals surface area (Å²) in [7, 11) is 0. The molecular formula is C16H22O2. The van der Waals surface area contributed by atoms with E-state index in [9.17, 15) is 4.79 Å². The standard InChI is InChI=1S/C16H22O2/c1-3-4-5-6-9-14-10-7-8-13(2)15(14)11-12-16(17)18/h7-8,10-12H,3-6,9H2,1-2H3,(H,17,18)/b12-11+. The van der Waals surface area contributed by atoms with Crippen LogP contribution in [-0.2, 0) is 11.2 Å². The van der Waals surface area contributed by atoms with Crippen molar-refractivity contribution in [3.8, 4) is 0 Å². The second-order valence-corrected chi connectivity index (χ2v) is 4.63. The van der Waals surface area contributed by atoms with Crippen LogP contribution in [0.15, 0.2) is 24.3 Å². The minimum Gasteiger partial charge on any atom is -0.478 e. The Balaban J connectivity index is 2.77.